The van der Waals surface area contributed by atoms with Gasteiger partial charge < -0.3 is 13.7 Å². The second kappa shape index (κ2) is 8.62. The number of aromatic nitrogens is 3. The van der Waals surface area contributed by atoms with E-state index in [1.54, 1.807) is 5.56 Å². The van der Waals surface area contributed by atoms with Crippen LogP contribution in [-0.4, -0.2) is 20.4 Å². The van der Waals surface area contributed by atoms with Gasteiger partial charge in [0.25, 0.3) is 6.71 Å². The van der Waals surface area contributed by atoms with Crippen LogP contribution in [0.25, 0.3) is 76.8 Å². The standard InChI is InChI=1S/C47H36BN3/c1-49-35-14-6-2-10-29(35)32-21-40-34(22-39(32)49)48-33-13-5-9-17-38(33)50-36-15-7-3-11-30(36)41-43(47-23-26-18-27(24-47)20-28(19-26)25-47)42-31-12-4-8-16-37(31)51(40)46(42)44(48)45(41)50/h2-17,21-22,26-28H,18-20,23-25H2,1H3/i2D,6D,10D,14D. The van der Waals surface area contributed by atoms with Crippen LogP contribution in [0.2, 0.25) is 0 Å². The predicted molar refractivity (Wildman–Crippen MR) is 214 cm³/mol. The average molecular weight is 658 g/mol. The summed E-state index contributed by atoms with van der Waals surface area (Å²) >= 11 is 0. The van der Waals surface area contributed by atoms with Crippen LogP contribution in [0.4, 0.5) is 0 Å². The molecule has 9 aromatic rings. The molecule has 4 heteroatoms. The van der Waals surface area contributed by atoms with Crippen LogP contribution >= 0.6 is 0 Å². The summed E-state index contributed by atoms with van der Waals surface area (Å²) in [5, 5.41) is 7.07. The van der Waals surface area contributed by atoms with Gasteiger partial charge in [-0.15, -0.1) is 0 Å². The summed E-state index contributed by atoms with van der Waals surface area (Å²) in [6, 6.07) is 31.6. The maximum absolute atomic E-state index is 9.13. The first-order valence-electron chi connectivity index (χ1n) is 21.0. The van der Waals surface area contributed by atoms with Crippen LogP contribution in [0.3, 0.4) is 0 Å². The minimum absolute atomic E-state index is 0.0132. The highest BCUT2D eigenvalue weighted by Gasteiger charge is 2.54. The first-order chi connectivity index (χ1) is 26.8. The summed E-state index contributed by atoms with van der Waals surface area (Å²) in [6.07, 6.45) is 8.04. The fraction of sp³-hybridized carbons (Fsp3) is 0.234. The molecule has 4 aliphatic carbocycles. The molecule has 0 amide bonds. The monoisotopic (exact) mass is 657 g/mol. The quantitative estimate of drug-likeness (QED) is 0.157. The molecule has 4 bridgehead atoms. The molecule has 5 heterocycles. The molecule has 0 N–H and O–H groups in total. The molecule has 0 saturated heterocycles. The van der Waals surface area contributed by atoms with E-state index in [-0.39, 0.29) is 36.3 Å². The highest BCUT2D eigenvalue weighted by Crippen LogP contribution is 2.63. The van der Waals surface area contributed by atoms with Crippen LogP contribution in [0.1, 0.15) is 49.6 Å². The van der Waals surface area contributed by atoms with Crippen LogP contribution in [0, 0.1) is 17.8 Å². The Morgan fingerprint density at radius 1 is 0.608 bits per heavy atom. The van der Waals surface area contributed by atoms with E-state index < -0.39 is 0 Å². The third kappa shape index (κ3) is 2.91. The lowest BCUT2D eigenvalue weighted by molar-refractivity contribution is -0.00377. The summed E-state index contributed by atoms with van der Waals surface area (Å²) in [4.78, 5) is 0. The third-order valence-electron chi connectivity index (χ3n) is 14.4. The number of rotatable bonds is 1. The number of nitrogens with zero attached hydrogens (tertiary/aromatic N) is 3. The number of hydrogen-bond acceptors (Lipinski definition) is 0. The van der Waals surface area contributed by atoms with Gasteiger partial charge in [-0.3, -0.25) is 0 Å². The molecular formula is C47H36BN3. The number of hydrogen-bond donors (Lipinski definition) is 0. The molecule has 0 radical (unpaired) electrons. The fourth-order valence-electron chi connectivity index (χ4n) is 13.2. The van der Waals surface area contributed by atoms with Crippen molar-refractivity contribution in [1.82, 2.24) is 13.7 Å². The van der Waals surface area contributed by atoms with Crippen molar-refractivity contribution in [2.24, 2.45) is 24.8 Å². The van der Waals surface area contributed by atoms with E-state index in [0.717, 1.165) is 34.3 Å². The molecule has 4 fully saturated rings. The lowest BCUT2D eigenvalue weighted by atomic mass is 9.34. The third-order valence-corrected chi connectivity index (χ3v) is 14.4. The van der Waals surface area contributed by atoms with E-state index in [9.17, 15) is 0 Å². The largest absolute Gasteiger partial charge is 0.344 e. The molecule has 6 aromatic carbocycles. The zero-order valence-corrected chi connectivity index (χ0v) is 28.5. The van der Waals surface area contributed by atoms with Crippen molar-refractivity contribution < 1.29 is 5.48 Å². The number of para-hydroxylation sites is 4. The Hall–Kier alpha value is -5.22. The SMILES string of the molecule is [2H]c1c([2H])c([2H])c2c(c1[2H])c1cc3c(cc1n2C)B1c2ccccc2-n2c4ccccc4c4c(C56CC7CC(CC(C7)C5)C6)c5c6ccccc6n-3c5c1c42. The molecule has 0 atom stereocenters. The molecule has 3 nitrogen and oxygen atoms in total. The Morgan fingerprint density at radius 3 is 1.92 bits per heavy atom. The molecule has 3 aromatic heterocycles. The summed E-state index contributed by atoms with van der Waals surface area (Å²) in [5.74, 6) is 2.42. The lowest BCUT2D eigenvalue weighted by Gasteiger charge is -2.57. The topological polar surface area (TPSA) is 14.8 Å². The Kier molecular flexibility index (Phi) is 3.94. The predicted octanol–water partition coefficient (Wildman–Crippen LogP) is 9.14. The first-order valence-corrected chi connectivity index (χ1v) is 19.0. The van der Waals surface area contributed by atoms with Gasteiger partial charge in [-0.1, -0.05) is 72.7 Å². The molecule has 2 aliphatic heterocycles. The van der Waals surface area contributed by atoms with Gasteiger partial charge in [0, 0.05) is 61.8 Å². The maximum atomic E-state index is 9.13. The van der Waals surface area contributed by atoms with E-state index in [0.29, 0.717) is 10.9 Å². The second-order valence-electron chi connectivity index (χ2n) is 16.8. The van der Waals surface area contributed by atoms with Crippen molar-refractivity contribution in [3.05, 3.63) is 115 Å². The van der Waals surface area contributed by atoms with Crippen LogP contribution in [0.5, 0.6) is 0 Å². The van der Waals surface area contributed by atoms with Gasteiger partial charge in [-0.2, -0.15) is 0 Å². The minimum Gasteiger partial charge on any atom is -0.344 e. The average Bonchev–Trinajstić information content (AvgIpc) is 3.82. The molecule has 0 unspecified atom stereocenters. The van der Waals surface area contributed by atoms with Gasteiger partial charge >= 0.3 is 0 Å². The molecule has 6 aliphatic rings. The molecule has 15 rings (SSSR count). The van der Waals surface area contributed by atoms with Gasteiger partial charge in [-0.25, -0.2) is 0 Å². The van der Waals surface area contributed by atoms with Gasteiger partial charge in [-0.05, 0) is 120 Å². The molecule has 0 spiro atoms. The van der Waals surface area contributed by atoms with E-state index in [4.69, 9.17) is 5.48 Å². The Bertz CT molecular complexity index is 3290. The van der Waals surface area contributed by atoms with Gasteiger partial charge in [0.1, 0.15) is 0 Å². The molecule has 4 saturated carbocycles. The van der Waals surface area contributed by atoms with E-state index in [1.165, 1.54) is 104 Å². The molecule has 51 heavy (non-hydrogen) atoms. The van der Waals surface area contributed by atoms with E-state index >= 15 is 0 Å². The van der Waals surface area contributed by atoms with E-state index in [2.05, 4.69) is 94.1 Å². The Labute approximate surface area is 301 Å². The van der Waals surface area contributed by atoms with Gasteiger partial charge in [0.2, 0.25) is 0 Å². The van der Waals surface area contributed by atoms with Crippen molar-refractivity contribution in [3.63, 3.8) is 0 Å². The normalized spacial score (nSPS) is 25.0. The first kappa shape index (κ1) is 23.3. The van der Waals surface area contributed by atoms with Crippen LogP contribution in [-0.2, 0) is 12.5 Å². The summed E-state index contributed by atoms with van der Waals surface area (Å²) in [7, 11) is 1.96. The van der Waals surface area contributed by atoms with Crippen LogP contribution in [0.15, 0.2) is 109 Å². The highest BCUT2D eigenvalue weighted by molar-refractivity contribution is 7.00. The maximum Gasteiger partial charge on any atom is 0.252 e. The van der Waals surface area contributed by atoms with Crippen molar-refractivity contribution >= 4 is 88.5 Å². The smallest absolute Gasteiger partial charge is 0.252 e. The van der Waals surface area contributed by atoms with Crippen molar-refractivity contribution in [1.29, 1.82) is 0 Å². The second-order valence-corrected chi connectivity index (χ2v) is 16.8. The number of fused-ring (bicyclic) bond motifs is 15. The lowest BCUT2D eigenvalue weighted by Crippen LogP contribution is -2.59. The Morgan fingerprint density at radius 2 is 1.22 bits per heavy atom. The zero-order chi connectivity index (χ0) is 36.4. The number of aryl methyl sites for hydroxylation is 1. The van der Waals surface area contributed by atoms with Gasteiger partial charge in [0.05, 0.1) is 27.5 Å². The minimum atomic E-state index is -0.188. The molecular weight excluding hydrogens is 617 g/mol. The van der Waals surface area contributed by atoms with Gasteiger partial charge in [0.15, 0.2) is 0 Å². The molecule has 242 valence electrons. The highest BCUT2D eigenvalue weighted by atomic mass is 15.0. The summed E-state index contributed by atoms with van der Waals surface area (Å²) in [6.45, 7) is -0.0259. The summed E-state index contributed by atoms with van der Waals surface area (Å²) in [5.41, 5.74) is 14.7. The van der Waals surface area contributed by atoms with Crippen molar-refractivity contribution in [3.8, 4) is 11.4 Å². The Balaban J connectivity index is 1.26. The number of benzene rings is 6. The van der Waals surface area contributed by atoms with Crippen LogP contribution < -0.4 is 16.4 Å². The summed E-state index contributed by atoms with van der Waals surface area (Å²) < 4.78 is 42.5. The van der Waals surface area contributed by atoms with E-state index in [1.807, 2.05) is 11.6 Å². The zero-order valence-electron chi connectivity index (χ0n) is 32.5. The fourth-order valence-corrected chi connectivity index (χ4v) is 13.2. The van der Waals surface area contributed by atoms with Crippen molar-refractivity contribution in [2.45, 2.75) is 43.9 Å². The van der Waals surface area contributed by atoms with Crippen molar-refractivity contribution in [2.75, 3.05) is 0 Å².